The van der Waals surface area contributed by atoms with Crippen molar-refractivity contribution >= 4 is 5.91 Å². The molecule has 1 aliphatic rings. The van der Waals surface area contributed by atoms with Gasteiger partial charge in [-0.25, -0.2) is 0 Å². The Kier molecular flexibility index (Phi) is 3.71. The first-order chi connectivity index (χ1) is 8.54. The number of carbonyl (C=O) groups excluding carboxylic acids is 1. The van der Waals surface area contributed by atoms with E-state index >= 15 is 0 Å². The van der Waals surface area contributed by atoms with Gasteiger partial charge in [0, 0.05) is 6.42 Å². The summed E-state index contributed by atoms with van der Waals surface area (Å²) in [5.41, 5.74) is 0.931. The van der Waals surface area contributed by atoms with Crippen molar-refractivity contribution < 1.29 is 9.53 Å². The fourth-order valence-electron chi connectivity index (χ4n) is 2.35. The van der Waals surface area contributed by atoms with Crippen LogP contribution in [-0.2, 0) is 9.53 Å². The molecule has 2 rings (SSSR count). The number of hydrogen-bond acceptors (Lipinski definition) is 2. The molecule has 0 N–H and O–H groups in total. The van der Waals surface area contributed by atoms with E-state index in [9.17, 15) is 4.79 Å². The van der Waals surface area contributed by atoms with E-state index in [2.05, 4.69) is 26.0 Å². The van der Waals surface area contributed by atoms with Gasteiger partial charge in [-0.2, -0.15) is 0 Å². The molecule has 1 saturated heterocycles. The zero-order valence-electron chi connectivity index (χ0n) is 11.3. The third kappa shape index (κ3) is 2.56. The van der Waals surface area contributed by atoms with Crippen molar-refractivity contribution in [3.63, 3.8) is 0 Å². The number of carbonyl (C=O) groups is 1. The number of morpholine rings is 1. The summed E-state index contributed by atoms with van der Waals surface area (Å²) < 4.78 is 5.91. The second-order valence-corrected chi connectivity index (χ2v) is 5.38. The molecule has 0 bridgehead atoms. The highest BCUT2D eigenvalue weighted by atomic mass is 16.5. The van der Waals surface area contributed by atoms with Crippen molar-refractivity contribution in [2.45, 2.75) is 38.8 Å². The number of ether oxygens (including phenoxy) is 1. The van der Waals surface area contributed by atoms with Crippen molar-refractivity contribution in [1.29, 1.82) is 0 Å². The lowest BCUT2D eigenvalue weighted by Gasteiger charge is -2.45. The van der Waals surface area contributed by atoms with Crippen molar-refractivity contribution in [1.82, 2.24) is 4.90 Å². The highest BCUT2D eigenvalue weighted by Crippen LogP contribution is 2.30. The first kappa shape index (κ1) is 13.1. The molecule has 1 heterocycles. The summed E-state index contributed by atoms with van der Waals surface area (Å²) in [4.78, 5) is 14.0. The highest BCUT2D eigenvalue weighted by molar-refractivity contribution is 5.76. The molecule has 3 heteroatoms. The van der Waals surface area contributed by atoms with Gasteiger partial charge in [0.05, 0.1) is 18.7 Å². The minimum absolute atomic E-state index is 0.00488. The lowest BCUT2D eigenvalue weighted by molar-refractivity contribution is -0.154. The minimum atomic E-state index is -0.210. The summed E-state index contributed by atoms with van der Waals surface area (Å²) in [6.45, 7) is 7.25. The van der Waals surface area contributed by atoms with Crippen molar-refractivity contribution in [3.05, 3.63) is 35.9 Å². The molecule has 98 valence electrons. The quantitative estimate of drug-likeness (QED) is 0.804. The molecule has 0 saturated carbocycles. The number of amides is 1. The van der Waals surface area contributed by atoms with Gasteiger partial charge >= 0.3 is 0 Å². The van der Waals surface area contributed by atoms with E-state index in [1.807, 2.05) is 30.0 Å². The molecule has 0 aliphatic carbocycles. The van der Waals surface area contributed by atoms with Crippen molar-refractivity contribution in [3.8, 4) is 0 Å². The molecule has 0 unspecified atom stereocenters. The van der Waals surface area contributed by atoms with E-state index in [1.165, 1.54) is 0 Å². The highest BCUT2D eigenvalue weighted by Gasteiger charge is 2.37. The number of rotatable bonds is 2. The predicted octanol–water partition coefficient (Wildman–Crippen LogP) is 2.78. The molecule has 1 amide bonds. The van der Waals surface area contributed by atoms with E-state index < -0.39 is 0 Å². The van der Waals surface area contributed by atoms with E-state index in [1.54, 1.807) is 0 Å². The van der Waals surface area contributed by atoms with Gasteiger partial charge in [0.2, 0.25) is 5.91 Å². The van der Waals surface area contributed by atoms with Gasteiger partial charge in [-0.05, 0) is 19.4 Å². The first-order valence-electron chi connectivity index (χ1n) is 6.51. The molecule has 1 aliphatic heterocycles. The Labute approximate surface area is 109 Å². The Balaban J connectivity index is 2.17. The standard InChI is InChI=1S/C15H21NO2/c1-4-14(17)16-10-13(18-11-15(16,2)3)12-8-6-5-7-9-12/h5-9,13H,4,10-11H2,1-3H3/t13-/m0/s1. The summed E-state index contributed by atoms with van der Waals surface area (Å²) in [6.07, 6.45) is 0.542. The molecule has 0 spiro atoms. The van der Waals surface area contributed by atoms with Gasteiger partial charge in [0.25, 0.3) is 0 Å². The number of benzene rings is 1. The summed E-state index contributed by atoms with van der Waals surface area (Å²) in [6, 6.07) is 10.1. The van der Waals surface area contributed by atoms with E-state index in [-0.39, 0.29) is 17.6 Å². The molecule has 0 radical (unpaired) electrons. The molecule has 1 aromatic rings. The molecule has 1 aromatic carbocycles. The minimum Gasteiger partial charge on any atom is -0.369 e. The van der Waals surface area contributed by atoms with Gasteiger partial charge in [0.15, 0.2) is 0 Å². The molecular weight excluding hydrogens is 226 g/mol. The fourth-order valence-corrected chi connectivity index (χ4v) is 2.35. The summed E-state index contributed by atoms with van der Waals surface area (Å²) in [7, 11) is 0. The van der Waals surface area contributed by atoms with Crippen molar-refractivity contribution in [2.75, 3.05) is 13.2 Å². The smallest absolute Gasteiger partial charge is 0.222 e. The predicted molar refractivity (Wildman–Crippen MR) is 71.2 cm³/mol. The Hall–Kier alpha value is -1.35. The van der Waals surface area contributed by atoms with Gasteiger partial charge < -0.3 is 9.64 Å². The maximum Gasteiger partial charge on any atom is 0.222 e. The second-order valence-electron chi connectivity index (χ2n) is 5.38. The zero-order chi connectivity index (χ0) is 13.2. The van der Waals surface area contributed by atoms with Crippen LogP contribution in [0.5, 0.6) is 0 Å². The topological polar surface area (TPSA) is 29.5 Å². The first-order valence-corrected chi connectivity index (χ1v) is 6.51. The van der Waals surface area contributed by atoms with Crippen LogP contribution in [0.25, 0.3) is 0 Å². The van der Waals surface area contributed by atoms with E-state index in [0.717, 1.165) is 5.56 Å². The van der Waals surface area contributed by atoms with Crippen LogP contribution in [0.2, 0.25) is 0 Å². The summed E-state index contributed by atoms with van der Waals surface area (Å²) >= 11 is 0. The van der Waals surface area contributed by atoms with Crippen LogP contribution in [-0.4, -0.2) is 29.5 Å². The van der Waals surface area contributed by atoms with E-state index in [0.29, 0.717) is 19.6 Å². The third-order valence-electron chi connectivity index (χ3n) is 3.49. The van der Waals surface area contributed by atoms with Crippen LogP contribution in [0, 0.1) is 0 Å². The van der Waals surface area contributed by atoms with Crippen LogP contribution in [0.15, 0.2) is 30.3 Å². The van der Waals surface area contributed by atoms with Gasteiger partial charge in [-0.15, -0.1) is 0 Å². The van der Waals surface area contributed by atoms with Crippen molar-refractivity contribution in [2.24, 2.45) is 0 Å². The van der Waals surface area contributed by atoms with Crippen LogP contribution >= 0.6 is 0 Å². The lowest BCUT2D eigenvalue weighted by Crippen LogP contribution is -2.56. The largest absolute Gasteiger partial charge is 0.369 e. The van der Waals surface area contributed by atoms with E-state index in [4.69, 9.17) is 4.74 Å². The molecule has 18 heavy (non-hydrogen) atoms. The lowest BCUT2D eigenvalue weighted by atomic mass is 9.97. The SMILES string of the molecule is CCC(=O)N1C[C@@H](c2ccccc2)OCC1(C)C. The summed E-state index contributed by atoms with van der Waals surface area (Å²) in [5, 5.41) is 0. The monoisotopic (exact) mass is 247 g/mol. The number of hydrogen-bond donors (Lipinski definition) is 0. The second kappa shape index (κ2) is 5.11. The molecule has 0 aromatic heterocycles. The molecule has 1 fully saturated rings. The average Bonchev–Trinajstić information content (AvgIpc) is 2.38. The molecular formula is C15H21NO2. The Bertz CT molecular complexity index is 414. The zero-order valence-corrected chi connectivity index (χ0v) is 11.3. The van der Waals surface area contributed by atoms with Crippen LogP contribution < -0.4 is 0 Å². The average molecular weight is 247 g/mol. The van der Waals surface area contributed by atoms with Crippen LogP contribution in [0.4, 0.5) is 0 Å². The maximum absolute atomic E-state index is 12.0. The van der Waals surface area contributed by atoms with Gasteiger partial charge in [-0.1, -0.05) is 37.3 Å². The molecule has 1 atom stereocenters. The normalized spacial score (nSPS) is 22.8. The Morgan fingerprint density at radius 2 is 2.06 bits per heavy atom. The Morgan fingerprint density at radius 1 is 1.39 bits per heavy atom. The Morgan fingerprint density at radius 3 is 2.67 bits per heavy atom. The number of nitrogens with zero attached hydrogens (tertiary/aromatic N) is 1. The fraction of sp³-hybridized carbons (Fsp3) is 0.533. The molecule has 3 nitrogen and oxygen atoms in total. The van der Waals surface area contributed by atoms with Gasteiger partial charge in [0.1, 0.15) is 6.10 Å². The maximum atomic E-state index is 12.0. The summed E-state index contributed by atoms with van der Waals surface area (Å²) in [5.74, 6) is 0.198. The van der Waals surface area contributed by atoms with Crippen LogP contribution in [0.3, 0.4) is 0 Å². The van der Waals surface area contributed by atoms with Crippen LogP contribution in [0.1, 0.15) is 38.9 Å². The van der Waals surface area contributed by atoms with Gasteiger partial charge in [-0.3, -0.25) is 4.79 Å². The third-order valence-corrected chi connectivity index (χ3v) is 3.49.